The van der Waals surface area contributed by atoms with Crippen molar-refractivity contribution in [1.29, 1.82) is 0 Å². The van der Waals surface area contributed by atoms with E-state index in [-0.39, 0.29) is 40.3 Å². The predicted octanol–water partition coefficient (Wildman–Crippen LogP) is 2.87. The average Bonchev–Trinajstić information content (AvgIpc) is 2.72. The van der Waals surface area contributed by atoms with Gasteiger partial charge in [-0.2, -0.15) is 0 Å². The summed E-state index contributed by atoms with van der Waals surface area (Å²) in [5, 5.41) is 19.6. The number of hydrogen-bond acceptors (Lipinski definition) is 7. The summed E-state index contributed by atoms with van der Waals surface area (Å²) in [6.45, 7) is 1.71. The molecule has 154 valence electrons. The van der Waals surface area contributed by atoms with Crippen molar-refractivity contribution < 1.29 is 24.1 Å². The van der Waals surface area contributed by atoms with Gasteiger partial charge in [0.25, 0.3) is 0 Å². The number of likely N-dealkylation sites (N-methyl/N-ethyl adjacent to an activating group) is 1. The van der Waals surface area contributed by atoms with Gasteiger partial charge >= 0.3 is 0 Å². The van der Waals surface area contributed by atoms with Crippen molar-refractivity contribution in [2.75, 3.05) is 40.5 Å². The second kappa shape index (κ2) is 9.45. The van der Waals surface area contributed by atoms with Gasteiger partial charge in [0.05, 0.1) is 20.3 Å². The second-order valence-electron chi connectivity index (χ2n) is 6.70. The van der Waals surface area contributed by atoms with E-state index in [1.54, 1.807) is 0 Å². The number of aliphatic hydroxyl groups excluding tert-OH is 1. The van der Waals surface area contributed by atoms with Gasteiger partial charge in [-0.25, -0.2) is 0 Å². The number of phenols is 1. The van der Waals surface area contributed by atoms with Gasteiger partial charge in [0.1, 0.15) is 16.7 Å². The highest BCUT2D eigenvalue weighted by atomic mass is 16.5. The lowest BCUT2D eigenvalue weighted by molar-refractivity contribution is 0.204. The van der Waals surface area contributed by atoms with Crippen LogP contribution in [0.25, 0.3) is 22.3 Å². The molecule has 0 amide bonds. The van der Waals surface area contributed by atoms with Crippen LogP contribution in [0.1, 0.15) is 6.42 Å². The molecule has 3 aromatic rings. The van der Waals surface area contributed by atoms with Crippen LogP contribution in [0.2, 0.25) is 0 Å². The van der Waals surface area contributed by atoms with Crippen LogP contribution >= 0.6 is 0 Å². The zero-order valence-corrected chi connectivity index (χ0v) is 16.6. The molecule has 2 aromatic carbocycles. The second-order valence-corrected chi connectivity index (χ2v) is 6.70. The standard InChI is InChI=1S/C22H25NO6/c1-23(10-11-24)9-6-12-28-21-17(26)14-19-20(22(21)27-2)16(25)13-18(29-19)15-7-4-3-5-8-15/h3-5,7-8,13-14,24,26H,6,9-12H2,1-2H3. The number of aliphatic hydroxyl groups is 1. The fourth-order valence-corrected chi connectivity index (χ4v) is 3.13. The van der Waals surface area contributed by atoms with Crippen molar-refractivity contribution >= 4 is 11.0 Å². The Morgan fingerprint density at radius 2 is 1.86 bits per heavy atom. The van der Waals surface area contributed by atoms with Gasteiger partial charge in [-0.3, -0.25) is 4.79 Å². The molecule has 0 spiro atoms. The van der Waals surface area contributed by atoms with Crippen LogP contribution in [-0.2, 0) is 0 Å². The molecule has 0 aliphatic heterocycles. The molecule has 0 atom stereocenters. The highest BCUT2D eigenvalue weighted by Gasteiger charge is 2.20. The van der Waals surface area contributed by atoms with E-state index < -0.39 is 0 Å². The number of fused-ring (bicyclic) bond motifs is 1. The van der Waals surface area contributed by atoms with E-state index in [2.05, 4.69) is 0 Å². The van der Waals surface area contributed by atoms with Crippen molar-refractivity contribution in [3.63, 3.8) is 0 Å². The van der Waals surface area contributed by atoms with Crippen LogP contribution in [0, 0.1) is 0 Å². The molecule has 1 heterocycles. The average molecular weight is 399 g/mol. The van der Waals surface area contributed by atoms with E-state index in [1.165, 1.54) is 19.2 Å². The highest BCUT2D eigenvalue weighted by molar-refractivity contribution is 5.89. The maximum absolute atomic E-state index is 12.8. The largest absolute Gasteiger partial charge is 0.504 e. The van der Waals surface area contributed by atoms with Gasteiger partial charge in [0.2, 0.25) is 5.75 Å². The first-order chi connectivity index (χ1) is 14.0. The summed E-state index contributed by atoms with van der Waals surface area (Å²) in [7, 11) is 3.32. The third kappa shape index (κ3) is 4.70. The van der Waals surface area contributed by atoms with Crippen molar-refractivity contribution in [1.82, 2.24) is 4.90 Å². The summed E-state index contributed by atoms with van der Waals surface area (Å²) in [4.78, 5) is 14.8. The minimum Gasteiger partial charge on any atom is -0.504 e. The molecule has 3 rings (SSSR count). The number of aromatic hydroxyl groups is 1. The normalized spacial score (nSPS) is 11.2. The zero-order chi connectivity index (χ0) is 20.8. The van der Waals surface area contributed by atoms with Gasteiger partial charge in [0.15, 0.2) is 16.9 Å². The number of benzene rings is 2. The fourth-order valence-electron chi connectivity index (χ4n) is 3.13. The molecule has 2 N–H and O–H groups in total. The monoisotopic (exact) mass is 399 g/mol. The third-order valence-corrected chi connectivity index (χ3v) is 4.58. The molecule has 0 radical (unpaired) electrons. The van der Waals surface area contributed by atoms with Crippen molar-refractivity contribution in [3.05, 3.63) is 52.7 Å². The molecule has 7 heteroatoms. The lowest BCUT2D eigenvalue weighted by Crippen LogP contribution is -2.24. The van der Waals surface area contributed by atoms with Crippen LogP contribution < -0.4 is 14.9 Å². The Bertz CT molecular complexity index is 1020. The first-order valence-corrected chi connectivity index (χ1v) is 9.40. The Kier molecular flexibility index (Phi) is 6.74. The number of ether oxygens (including phenoxy) is 2. The van der Waals surface area contributed by atoms with Gasteiger partial charge < -0.3 is 29.0 Å². The van der Waals surface area contributed by atoms with E-state index in [0.717, 1.165) is 12.1 Å². The number of hydrogen-bond donors (Lipinski definition) is 2. The molecule has 1 aromatic heterocycles. The Balaban J connectivity index is 1.91. The van der Waals surface area contributed by atoms with Crippen molar-refractivity contribution in [2.45, 2.75) is 6.42 Å². The van der Waals surface area contributed by atoms with Gasteiger partial charge in [-0.1, -0.05) is 30.3 Å². The Labute approximate surface area is 168 Å². The molecule has 0 aliphatic carbocycles. The predicted molar refractivity (Wildman–Crippen MR) is 111 cm³/mol. The maximum atomic E-state index is 12.8. The van der Waals surface area contributed by atoms with E-state index >= 15 is 0 Å². The molecule has 7 nitrogen and oxygen atoms in total. The lowest BCUT2D eigenvalue weighted by Gasteiger charge is -2.17. The summed E-state index contributed by atoms with van der Waals surface area (Å²) in [5.74, 6) is 0.512. The number of nitrogens with zero attached hydrogens (tertiary/aromatic N) is 1. The number of phenolic OH excluding ortho intramolecular Hbond substituents is 1. The fraction of sp³-hybridized carbons (Fsp3) is 0.318. The number of methoxy groups -OCH3 is 1. The van der Waals surface area contributed by atoms with Crippen molar-refractivity contribution in [2.24, 2.45) is 0 Å². The third-order valence-electron chi connectivity index (χ3n) is 4.58. The summed E-state index contributed by atoms with van der Waals surface area (Å²) in [6.07, 6.45) is 0.679. The molecule has 0 fully saturated rings. The van der Waals surface area contributed by atoms with Gasteiger partial charge in [-0.05, 0) is 13.5 Å². The Morgan fingerprint density at radius 3 is 2.55 bits per heavy atom. The Hall–Kier alpha value is -3.03. The summed E-state index contributed by atoms with van der Waals surface area (Å²) >= 11 is 0. The summed E-state index contributed by atoms with van der Waals surface area (Å²) in [5.41, 5.74) is 0.701. The molecular formula is C22H25NO6. The lowest BCUT2D eigenvalue weighted by atomic mass is 10.1. The summed E-state index contributed by atoms with van der Waals surface area (Å²) < 4.78 is 17.0. The smallest absolute Gasteiger partial charge is 0.204 e. The van der Waals surface area contributed by atoms with Crippen molar-refractivity contribution in [3.8, 4) is 28.6 Å². The number of rotatable bonds is 9. The van der Waals surface area contributed by atoms with Gasteiger partial charge in [0, 0.05) is 30.8 Å². The molecule has 0 saturated carbocycles. The molecular weight excluding hydrogens is 374 g/mol. The Morgan fingerprint density at radius 1 is 1.10 bits per heavy atom. The minimum atomic E-state index is -0.283. The van der Waals surface area contributed by atoms with E-state index in [9.17, 15) is 9.90 Å². The molecule has 0 bridgehead atoms. The maximum Gasteiger partial charge on any atom is 0.204 e. The minimum absolute atomic E-state index is 0.0946. The van der Waals surface area contributed by atoms with Crippen LogP contribution in [0.15, 0.2) is 51.7 Å². The topological polar surface area (TPSA) is 92.4 Å². The zero-order valence-electron chi connectivity index (χ0n) is 16.6. The molecule has 0 saturated heterocycles. The van der Waals surface area contributed by atoms with Crippen LogP contribution in [-0.4, -0.2) is 55.6 Å². The van der Waals surface area contributed by atoms with E-state index in [0.29, 0.717) is 25.3 Å². The highest BCUT2D eigenvalue weighted by Crippen LogP contribution is 2.42. The SMILES string of the molecule is COc1c(OCCCN(C)CCO)c(O)cc2oc(-c3ccccc3)cc(=O)c12. The quantitative estimate of drug-likeness (QED) is 0.535. The van der Waals surface area contributed by atoms with Crippen LogP contribution in [0.4, 0.5) is 0 Å². The van der Waals surface area contributed by atoms with Crippen LogP contribution in [0.5, 0.6) is 17.2 Å². The first-order valence-electron chi connectivity index (χ1n) is 9.40. The molecule has 0 aliphatic rings. The van der Waals surface area contributed by atoms with Crippen LogP contribution in [0.3, 0.4) is 0 Å². The molecule has 0 unspecified atom stereocenters. The molecule has 29 heavy (non-hydrogen) atoms. The van der Waals surface area contributed by atoms with E-state index in [4.69, 9.17) is 19.0 Å². The van der Waals surface area contributed by atoms with Gasteiger partial charge in [-0.15, -0.1) is 0 Å². The van der Waals surface area contributed by atoms with E-state index in [1.807, 2.05) is 42.3 Å². The first kappa shape index (κ1) is 20.7. The summed E-state index contributed by atoms with van der Waals surface area (Å²) in [6, 6.07) is 12.0.